The predicted octanol–water partition coefficient (Wildman–Crippen LogP) is 2.66. The van der Waals surface area contributed by atoms with Crippen LogP contribution in [0.3, 0.4) is 0 Å². The monoisotopic (exact) mass is 442 g/mol. The molecule has 0 N–H and O–H groups in total. The number of methoxy groups -OCH3 is 1. The average molecular weight is 443 g/mol. The minimum atomic E-state index is -3.60. The maximum absolute atomic E-state index is 12.9. The summed E-state index contributed by atoms with van der Waals surface area (Å²) in [4.78, 5) is 29.1. The first kappa shape index (κ1) is 21.5. The van der Waals surface area contributed by atoms with Crippen LogP contribution >= 0.6 is 11.3 Å². The molecule has 1 aromatic heterocycles. The van der Waals surface area contributed by atoms with E-state index in [0.717, 1.165) is 0 Å². The van der Waals surface area contributed by atoms with Gasteiger partial charge in [0.05, 0.1) is 45.6 Å². The van der Waals surface area contributed by atoms with Crippen LogP contribution in [0.15, 0.2) is 52.4 Å². The molecule has 0 spiro atoms. The van der Waals surface area contributed by atoms with Gasteiger partial charge in [0.15, 0.2) is 14.6 Å². The summed E-state index contributed by atoms with van der Waals surface area (Å²) in [5.74, 6) is 1.22. The number of amides is 1. The molecule has 0 atom stereocenters. The molecule has 0 saturated carbocycles. The van der Waals surface area contributed by atoms with Crippen LogP contribution in [0.4, 0.5) is 0 Å². The lowest BCUT2D eigenvalue weighted by Gasteiger charge is -2.06. The van der Waals surface area contributed by atoms with Gasteiger partial charge < -0.3 is 9.30 Å². The van der Waals surface area contributed by atoms with Crippen molar-refractivity contribution in [2.45, 2.75) is 18.4 Å². The molecule has 1 heterocycles. The first-order chi connectivity index (χ1) is 14.3. The molecule has 0 aliphatic heterocycles. The van der Waals surface area contributed by atoms with Crippen molar-refractivity contribution in [3.05, 3.63) is 58.4 Å². The quantitative estimate of drug-likeness (QED) is 0.447. The van der Waals surface area contributed by atoms with Crippen molar-refractivity contribution in [3.63, 3.8) is 0 Å². The van der Waals surface area contributed by atoms with E-state index in [9.17, 15) is 18.0 Å². The molecule has 30 heavy (non-hydrogen) atoms. The number of hydrogen-bond donors (Lipinski definition) is 0. The molecule has 1 amide bonds. The van der Waals surface area contributed by atoms with Crippen molar-refractivity contribution in [3.8, 4) is 12.3 Å². The van der Waals surface area contributed by atoms with Gasteiger partial charge in [-0.2, -0.15) is 4.99 Å². The van der Waals surface area contributed by atoms with Gasteiger partial charge in [-0.3, -0.25) is 4.79 Å². The third kappa shape index (κ3) is 4.06. The molecular weight excluding hydrogens is 424 g/mol. The van der Waals surface area contributed by atoms with E-state index in [4.69, 9.17) is 11.2 Å². The Morgan fingerprint density at radius 2 is 1.97 bits per heavy atom. The van der Waals surface area contributed by atoms with E-state index in [2.05, 4.69) is 10.9 Å². The number of ether oxygens (including phenoxy) is 1. The zero-order chi connectivity index (χ0) is 21.9. The molecule has 9 heteroatoms. The summed E-state index contributed by atoms with van der Waals surface area (Å²) >= 11 is 1.17. The first-order valence-electron chi connectivity index (χ1n) is 8.88. The van der Waals surface area contributed by atoms with Gasteiger partial charge >= 0.3 is 5.97 Å². The summed E-state index contributed by atoms with van der Waals surface area (Å²) in [6, 6.07) is 10.9. The van der Waals surface area contributed by atoms with Gasteiger partial charge in [-0.15, -0.1) is 6.42 Å². The van der Waals surface area contributed by atoms with Gasteiger partial charge in [-0.25, -0.2) is 13.2 Å². The maximum Gasteiger partial charge on any atom is 0.337 e. The number of fused-ring (bicyclic) bond motifs is 1. The minimum absolute atomic E-state index is 0.000636. The van der Waals surface area contributed by atoms with E-state index in [1.807, 2.05) is 0 Å². The average Bonchev–Trinajstić information content (AvgIpc) is 3.09. The van der Waals surface area contributed by atoms with Gasteiger partial charge in [0.2, 0.25) is 0 Å². The molecule has 0 bridgehead atoms. The standard InChI is InChI=1S/C21H18N2O5S2/c1-4-12-23-16-11-10-14(20(25)28-3)13-17(16)29-21(23)22-19(24)15-8-6-7-9-18(15)30(26,27)5-2/h1,6-11,13H,5,12H2,2-3H3. The van der Waals surface area contributed by atoms with Crippen LogP contribution in [0, 0.1) is 12.3 Å². The van der Waals surface area contributed by atoms with Crippen LogP contribution in [-0.2, 0) is 21.1 Å². The van der Waals surface area contributed by atoms with Crippen LogP contribution in [0.5, 0.6) is 0 Å². The van der Waals surface area contributed by atoms with E-state index in [1.54, 1.807) is 34.9 Å². The molecule has 154 valence electrons. The van der Waals surface area contributed by atoms with Crippen LogP contribution in [0.25, 0.3) is 10.2 Å². The van der Waals surface area contributed by atoms with Crippen LogP contribution in [0.1, 0.15) is 27.6 Å². The van der Waals surface area contributed by atoms with Crippen molar-refractivity contribution >= 4 is 43.3 Å². The van der Waals surface area contributed by atoms with Crippen molar-refractivity contribution < 1.29 is 22.7 Å². The number of carbonyl (C=O) groups is 2. The maximum atomic E-state index is 12.9. The highest BCUT2D eigenvalue weighted by Crippen LogP contribution is 2.21. The van der Waals surface area contributed by atoms with Crippen molar-refractivity contribution in [1.29, 1.82) is 0 Å². The van der Waals surface area contributed by atoms with E-state index in [0.29, 0.717) is 20.6 Å². The van der Waals surface area contributed by atoms with E-state index in [-0.39, 0.29) is 22.8 Å². The molecule has 7 nitrogen and oxygen atoms in total. The third-order valence-corrected chi connectivity index (χ3v) is 7.21. The molecule has 3 rings (SSSR count). The molecular formula is C21H18N2O5S2. The highest BCUT2D eigenvalue weighted by atomic mass is 32.2. The zero-order valence-corrected chi connectivity index (χ0v) is 17.9. The first-order valence-corrected chi connectivity index (χ1v) is 11.3. The minimum Gasteiger partial charge on any atom is -0.465 e. The van der Waals surface area contributed by atoms with Crippen LogP contribution < -0.4 is 4.80 Å². The van der Waals surface area contributed by atoms with Gasteiger partial charge in [0, 0.05) is 0 Å². The molecule has 0 aliphatic carbocycles. The largest absolute Gasteiger partial charge is 0.465 e. The Bertz CT molecular complexity index is 1360. The lowest BCUT2D eigenvalue weighted by Crippen LogP contribution is -2.18. The fraction of sp³-hybridized carbons (Fsp3) is 0.190. The molecule has 0 unspecified atom stereocenters. The molecule has 0 saturated heterocycles. The number of aromatic nitrogens is 1. The Hall–Kier alpha value is -3.22. The Labute approximate surface area is 177 Å². The number of benzene rings is 2. The second kappa shape index (κ2) is 8.65. The Kier molecular flexibility index (Phi) is 6.20. The molecule has 0 radical (unpaired) electrons. The molecule has 0 fully saturated rings. The van der Waals surface area contributed by atoms with Crippen LogP contribution in [0.2, 0.25) is 0 Å². The fourth-order valence-electron chi connectivity index (χ4n) is 2.86. The second-order valence-electron chi connectivity index (χ2n) is 6.17. The normalized spacial score (nSPS) is 12.0. The summed E-state index contributed by atoms with van der Waals surface area (Å²) < 4.78 is 31.8. The predicted molar refractivity (Wildman–Crippen MR) is 114 cm³/mol. The SMILES string of the molecule is C#CCn1c(=NC(=O)c2ccccc2S(=O)(=O)CC)sc2cc(C(=O)OC)ccc21. The molecule has 0 aliphatic rings. The second-order valence-corrected chi connectivity index (χ2v) is 9.42. The molecule has 3 aromatic rings. The highest BCUT2D eigenvalue weighted by molar-refractivity contribution is 7.91. The summed E-state index contributed by atoms with van der Waals surface area (Å²) in [7, 11) is -2.30. The highest BCUT2D eigenvalue weighted by Gasteiger charge is 2.21. The van der Waals surface area contributed by atoms with Gasteiger partial charge in [-0.05, 0) is 30.3 Å². The number of terminal acetylenes is 1. The topological polar surface area (TPSA) is 94.8 Å². The third-order valence-electron chi connectivity index (χ3n) is 4.38. The summed E-state index contributed by atoms with van der Waals surface area (Å²) in [6.45, 7) is 1.66. The number of carbonyl (C=O) groups excluding carboxylic acids is 2. The Morgan fingerprint density at radius 3 is 2.63 bits per heavy atom. The van der Waals surface area contributed by atoms with E-state index in [1.165, 1.54) is 37.5 Å². The van der Waals surface area contributed by atoms with Gasteiger partial charge in [0.1, 0.15) is 0 Å². The van der Waals surface area contributed by atoms with E-state index < -0.39 is 21.7 Å². The summed E-state index contributed by atoms with van der Waals surface area (Å²) in [5, 5.41) is 0. The lowest BCUT2D eigenvalue weighted by atomic mass is 10.2. The summed E-state index contributed by atoms with van der Waals surface area (Å²) in [6.07, 6.45) is 5.47. The van der Waals surface area contributed by atoms with Crippen molar-refractivity contribution in [2.75, 3.05) is 12.9 Å². The van der Waals surface area contributed by atoms with Crippen LogP contribution in [-0.4, -0.2) is 37.7 Å². The number of rotatable bonds is 5. The lowest BCUT2D eigenvalue weighted by molar-refractivity contribution is 0.0600. The Balaban J connectivity index is 2.19. The number of hydrogen-bond acceptors (Lipinski definition) is 6. The number of esters is 1. The van der Waals surface area contributed by atoms with Gasteiger partial charge in [-0.1, -0.05) is 36.3 Å². The number of sulfone groups is 1. The van der Waals surface area contributed by atoms with Crippen molar-refractivity contribution in [1.82, 2.24) is 4.57 Å². The smallest absolute Gasteiger partial charge is 0.337 e. The molecule has 2 aromatic carbocycles. The zero-order valence-electron chi connectivity index (χ0n) is 16.3. The van der Waals surface area contributed by atoms with Gasteiger partial charge in [0.25, 0.3) is 5.91 Å². The summed E-state index contributed by atoms with van der Waals surface area (Å²) in [5.41, 5.74) is 1.06. The van der Waals surface area contributed by atoms with E-state index >= 15 is 0 Å². The Morgan fingerprint density at radius 1 is 1.23 bits per heavy atom. The number of thiazole rings is 1. The van der Waals surface area contributed by atoms with Crippen molar-refractivity contribution in [2.24, 2.45) is 4.99 Å². The number of nitrogens with zero attached hydrogens (tertiary/aromatic N) is 2. The fourth-order valence-corrected chi connectivity index (χ4v) is 5.02.